The van der Waals surface area contributed by atoms with Crippen LogP contribution in [0.4, 0.5) is 0 Å². The molecule has 40 heavy (non-hydrogen) atoms. The van der Waals surface area contributed by atoms with Crippen LogP contribution in [0.2, 0.25) is 0 Å². The second-order valence-electron chi connectivity index (χ2n) is 9.73. The summed E-state index contributed by atoms with van der Waals surface area (Å²) >= 11 is 0. The molecule has 218 valence electrons. The second-order valence-corrected chi connectivity index (χ2v) is 9.73. The van der Waals surface area contributed by atoms with E-state index >= 15 is 0 Å². The number of aliphatic hydroxyl groups is 6. The molecule has 8 unspecified atom stereocenters. The lowest BCUT2D eigenvalue weighted by Gasteiger charge is -2.43. The molecule has 0 aliphatic carbocycles. The zero-order chi connectivity index (χ0) is 29.1. The van der Waals surface area contributed by atoms with Gasteiger partial charge < -0.3 is 69.3 Å². The first kappa shape index (κ1) is 28.3. The van der Waals surface area contributed by atoms with Crippen molar-refractivity contribution in [2.24, 2.45) is 0 Å². The lowest BCUT2D eigenvalue weighted by atomic mass is 9.89. The van der Waals surface area contributed by atoms with Crippen LogP contribution in [0.1, 0.15) is 11.7 Å². The van der Waals surface area contributed by atoms with E-state index in [1.54, 1.807) is 0 Å². The normalized spacial score (nSPS) is 32.6. The molecule has 0 amide bonds. The number of hydrogen-bond donors (Lipinski definition) is 9. The number of benzene rings is 2. The molecule has 2 aromatic carbocycles. The number of phenolic OH excluding ortho intramolecular Hbond substituents is 3. The maximum Gasteiger partial charge on any atom is 0.204 e. The Morgan fingerprint density at radius 3 is 2.35 bits per heavy atom. The molecule has 0 spiro atoms. The van der Waals surface area contributed by atoms with Crippen molar-refractivity contribution in [3.05, 3.63) is 34.0 Å². The number of methoxy groups -OCH3 is 1. The zero-order valence-corrected chi connectivity index (χ0v) is 20.9. The first-order chi connectivity index (χ1) is 18.9. The molecule has 2 saturated heterocycles. The Kier molecular flexibility index (Phi) is 7.28. The van der Waals surface area contributed by atoms with Gasteiger partial charge in [0, 0.05) is 12.1 Å². The molecule has 15 nitrogen and oxygen atoms in total. The summed E-state index contributed by atoms with van der Waals surface area (Å²) in [7, 11) is 1.27. The minimum Gasteiger partial charge on any atom is -0.507 e. The standard InChI is InChI=1S/C25H28O15/c1-36-12-2-8-11(3-9(12)28)38-13-4-10(29)15(19(32)16(13)17(8)30)21-22(20(33)18(31)14(5-26)39-21)40-24-23(34)25(35,6-27)7-37-24/h2-4,14,18,20-24,26-29,31-35H,5-7H2,1H3. The highest BCUT2D eigenvalue weighted by atomic mass is 16.7. The molecule has 8 atom stereocenters. The van der Waals surface area contributed by atoms with Crippen LogP contribution < -0.4 is 10.2 Å². The van der Waals surface area contributed by atoms with E-state index in [4.69, 9.17) is 23.4 Å². The fraction of sp³-hybridized carbons (Fsp3) is 0.480. The number of hydrogen-bond acceptors (Lipinski definition) is 15. The highest BCUT2D eigenvalue weighted by molar-refractivity contribution is 5.96. The van der Waals surface area contributed by atoms with Gasteiger partial charge in [-0.15, -0.1) is 0 Å². The molecule has 0 saturated carbocycles. The van der Waals surface area contributed by atoms with Crippen LogP contribution in [0, 0.1) is 0 Å². The van der Waals surface area contributed by atoms with Crippen molar-refractivity contribution in [3.8, 4) is 23.0 Å². The average Bonchev–Trinajstić information content (AvgIpc) is 3.20. The monoisotopic (exact) mass is 568 g/mol. The molecule has 0 radical (unpaired) electrons. The van der Waals surface area contributed by atoms with Gasteiger partial charge in [-0.2, -0.15) is 0 Å². The molecule has 1 aromatic heterocycles. The number of rotatable bonds is 6. The Hall–Kier alpha value is -3.25. The van der Waals surface area contributed by atoms with Gasteiger partial charge in [0.1, 0.15) is 70.3 Å². The zero-order valence-electron chi connectivity index (χ0n) is 20.9. The third-order valence-electron chi connectivity index (χ3n) is 7.28. The Morgan fingerprint density at radius 1 is 1.02 bits per heavy atom. The summed E-state index contributed by atoms with van der Waals surface area (Å²) in [6.07, 6.45) is -12.0. The summed E-state index contributed by atoms with van der Waals surface area (Å²) in [5, 5.41) is 92.9. The Balaban J connectivity index is 1.65. The van der Waals surface area contributed by atoms with Crippen LogP contribution in [0.15, 0.2) is 27.4 Å². The van der Waals surface area contributed by atoms with Crippen LogP contribution in [-0.2, 0) is 14.2 Å². The van der Waals surface area contributed by atoms with E-state index in [9.17, 15) is 50.8 Å². The highest BCUT2D eigenvalue weighted by Gasteiger charge is 2.53. The summed E-state index contributed by atoms with van der Waals surface area (Å²) in [6, 6.07) is 3.28. The molecule has 0 bridgehead atoms. The van der Waals surface area contributed by atoms with Crippen molar-refractivity contribution in [1.82, 2.24) is 0 Å². The first-order valence-corrected chi connectivity index (χ1v) is 12.1. The minimum atomic E-state index is -2.10. The third-order valence-corrected chi connectivity index (χ3v) is 7.28. The van der Waals surface area contributed by atoms with Gasteiger partial charge in [0.15, 0.2) is 17.8 Å². The fourth-order valence-corrected chi connectivity index (χ4v) is 4.99. The summed E-state index contributed by atoms with van der Waals surface area (Å²) in [6.45, 7) is -2.25. The Labute approximate surface area is 224 Å². The van der Waals surface area contributed by atoms with Crippen LogP contribution in [-0.4, -0.2) is 115 Å². The number of ether oxygens (including phenoxy) is 4. The predicted molar refractivity (Wildman–Crippen MR) is 131 cm³/mol. The largest absolute Gasteiger partial charge is 0.507 e. The maximum absolute atomic E-state index is 13.4. The summed E-state index contributed by atoms with van der Waals surface area (Å²) < 4.78 is 27.2. The van der Waals surface area contributed by atoms with E-state index in [-0.39, 0.29) is 28.1 Å². The van der Waals surface area contributed by atoms with Crippen LogP contribution >= 0.6 is 0 Å². The van der Waals surface area contributed by atoms with E-state index in [1.807, 2.05) is 0 Å². The van der Waals surface area contributed by atoms with Gasteiger partial charge in [0.2, 0.25) is 5.43 Å². The predicted octanol–water partition coefficient (Wildman–Crippen LogP) is -1.95. The molecule has 2 aliphatic rings. The highest BCUT2D eigenvalue weighted by Crippen LogP contribution is 2.46. The van der Waals surface area contributed by atoms with Crippen molar-refractivity contribution in [3.63, 3.8) is 0 Å². The van der Waals surface area contributed by atoms with E-state index < -0.39 is 96.2 Å². The molecule has 2 fully saturated rings. The lowest BCUT2D eigenvalue weighted by Crippen LogP contribution is -2.58. The number of aliphatic hydroxyl groups excluding tert-OH is 5. The maximum atomic E-state index is 13.4. The van der Waals surface area contributed by atoms with Gasteiger partial charge in [-0.05, 0) is 6.07 Å². The van der Waals surface area contributed by atoms with Crippen LogP contribution in [0.3, 0.4) is 0 Å². The van der Waals surface area contributed by atoms with Gasteiger partial charge in [-0.1, -0.05) is 0 Å². The molecular weight excluding hydrogens is 540 g/mol. The SMILES string of the molecule is COc1cc2c(=O)c3c(O)c(C4OC(CO)C(O)C(O)C4OC4OCC(O)(CO)C4O)c(O)cc3oc2cc1O. The van der Waals surface area contributed by atoms with Crippen molar-refractivity contribution in [1.29, 1.82) is 0 Å². The number of phenols is 3. The number of aromatic hydroxyl groups is 3. The lowest BCUT2D eigenvalue weighted by molar-refractivity contribution is -0.287. The van der Waals surface area contributed by atoms with Crippen molar-refractivity contribution in [2.45, 2.75) is 48.5 Å². The van der Waals surface area contributed by atoms with Crippen LogP contribution in [0.5, 0.6) is 23.0 Å². The molecule has 3 heterocycles. The van der Waals surface area contributed by atoms with Crippen molar-refractivity contribution < 1.29 is 69.3 Å². The third kappa shape index (κ3) is 4.32. The molecule has 5 rings (SSSR count). The Bertz CT molecular complexity index is 1490. The van der Waals surface area contributed by atoms with Gasteiger partial charge >= 0.3 is 0 Å². The van der Waals surface area contributed by atoms with Crippen molar-refractivity contribution >= 4 is 21.9 Å². The summed E-state index contributed by atoms with van der Waals surface area (Å²) in [5.41, 5.74) is -3.75. The van der Waals surface area contributed by atoms with Gasteiger partial charge in [0.25, 0.3) is 0 Å². The summed E-state index contributed by atoms with van der Waals surface area (Å²) in [4.78, 5) is 13.4. The Morgan fingerprint density at radius 2 is 1.73 bits per heavy atom. The van der Waals surface area contributed by atoms with E-state index in [1.165, 1.54) is 13.2 Å². The van der Waals surface area contributed by atoms with Gasteiger partial charge in [0.05, 0.1) is 37.9 Å². The van der Waals surface area contributed by atoms with E-state index in [0.717, 1.165) is 12.1 Å². The van der Waals surface area contributed by atoms with E-state index in [0.29, 0.717) is 0 Å². The smallest absolute Gasteiger partial charge is 0.204 e. The quantitative estimate of drug-likeness (QED) is 0.147. The average molecular weight is 568 g/mol. The first-order valence-electron chi connectivity index (χ1n) is 12.1. The summed E-state index contributed by atoms with van der Waals surface area (Å²) in [5.74, 6) is -1.94. The van der Waals surface area contributed by atoms with Crippen molar-refractivity contribution in [2.75, 3.05) is 26.9 Å². The molecular formula is C25H28O15. The topological polar surface area (TPSA) is 249 Å². The molecule has 3 aromatic rings. The fourth-order valence-electron chi connectivity index (χ4n) is 4.99. The second kappa shape index (κ2) is 10.3. The van der Waals surface area contributed by atoms with Crippen LogP contribution in [0.25, 0.3) is 21.9 Å². The van der Waals surface area contributed by atoms with Gasteiger partial charge in [-0.3, -0.25) is 4.79 Å². The molecule has 15 heteroatoms. The molecule has 2 aliphatic heterocycles. The molecule has 9 N–H and O–H groups in total. The minimum absolute atomic E-state index is 0.0532. The van der Waals surface area contributed by atoms with Gasteiger partial charge in [-0.25, -0.2) is 0 Å². The van der Waals surface area contributed by atoms with E-state index in [2.05, 4.69) is 0 Å². The number of fused-ring (bicyclic) bond motifs is 2.